The zero-order chi connectivity index (χ0) is 19.1. The van der Waals surface area contributed by atoms with Gasteiger partial charge < -0.3 is 9.47 Å². The van der Waals surface area contributed by atoms with Crippen molar-refractivity contribution in [3.05, 3.63) is 93.5 Å². The summed E-state index contributed by atoms with van der Waals surface area (Å²) in [6, 6.07) is 21.3. The zero-order valence-electron chi connectivity index (χ0n) is 15.0. The molecular weight excluding hydrogens is 400 g/mol. The SMILES string of the molecule is COc1ccc(C#Cc2cc(Br)cc(C#Cc3ccc(OC)cc3)c2)cc1. The molecule has 132 valence electrons. The lowest BCUT2D eigenvalue weighted by atomic mass is 10.1. The average molecular weight is 417 g/mol. The number of benzene rings is 3. The molecule has 0 saturated heterocycles. The summed E-state index contributed by atoms with van der Waals surface area (Å²) in [4.78, 5) is 0. The Morgan fingerprint density at radius 3 is 1.30 bits per heavy atom. The van der Waals surface area contributed by atoms with Gasteiger partial charge in [0.15, 0.2) is 0 Å². The van der Waals surface area contributed by atoms with Gasteiger partial charge in [-0.25, -0.2) is 0 Å². The number of ether oxygens (including phenoxy) is 2. The molecule has 0 amide bonds. The lowest BCUT2D eigenvalue weighted by Crippen LogP contribution is -1.84. The maximum absolute atomic E-state index is 5.16. The van der Waals surface area contributed by atoms with Crippen molar-refractivity contribution in [2.45, 2.75) is 0 Å². The van der Waals surface area contributed by atoms with E-state index in [4.69, 9.17) is 9.47 Å². The van der Waals surface area contributed by atoms with Gasteiger partial charge in [-0.05, 0) is 66.7 Å². The molecule has 0 radical (unpaired) electrons. The fourth-order valence-electron chi connectivity index (χ4n) is 2.37. The standard InChI is InChI=1S/C24H17BrO2/c1-26-23-11-7-18(8-12-23)3-5-20-15-21(17-22(25)16-20)6-4-19-9-13-24(27-2)14-10-19/h7-17H,1-2H3. The van der Waals surface area contributed by atoms with E-state index in [9.17, 15) is 0 Å². The molecule has 3 rings (SSSR count). The second-order valence-electron chi connectivity index (χ2n) is 5.69. The van der Waals surface area contributed by atoms with Crippen molar-refractivity contribution in [1.29, 1.82) is 0 Å². The van der Waals surface area contributed by atoms with Gasteiger partial charge in [0.2, 0.25) is 0 Å². The fourth-order valence-corrected chi connectivity index (χ4v) is 2.86. The third-order valence-corrected chi connectivity index (χ3v) is 4.24. The second-order valence-corrected chi connectivity index (χ2v) is 6.60. The number of hydrogen-bond donors (Lipinski definition) is 0. The fraction of sp³-hybridized carbons (Fsp3) is 0.0833. The minimum atomic E-state index is 0.819. The third-order valence-electron chi connectivity index (χ3n) is 3.78. The predicted octanol–water partition coefficient (Wildman–Crippen LogP) is 5.27. The van der Waals surface area contributed by atoms with E-state index in [1.165, 1.54) is 0 Å². The van der Waals surface area contributed by atoms with Crippen LogP contribution in [-0.2, 0) is 0 Å². The molecule has 3 aromatic rings. The molecule has 0 fully saturated rings. The largest absolute Gasteiger partial charge is 0.497 e. The molecule has 0 aliphatic heterocycles. The van der Waals surface area contributed by atoms with E-state index in [0.29, 0.717) is 0 Å². The molecule has 0 atom stereocenters. The van der Waals surface area contributed by atoms with Gasteiger partial charge in [-0.2, -0.15) is 0 Å². The van der Waals surface area contributed by atoms with Crippen LogP contribution in [-0.4, -0.2) is 14.2 Å². The van der Waals surface area contributed by atoms with E-state index >= 15 is 0 Å². The molecule has 0 aromatic heterocycles. The van der Waals surface area contributed by atoms with Crippen molar-refractivity contribution in [3.8, 4) is 35.2 Å². The summed E-state index contributed by atoms with van der Waals surface area (Å²) in [5.41, 5.74) is 3.67. The molecule has 0 aliphatic carbocycles. The minimum Gasteiger partial charge on any atom is -0.497 e. The molecule has 3 aromatic carbocycles. The Morgan fingerprint density at radius 1 is 0.556 bits per heavy atom. The van der Waals surface area contributed by atoms with Gasteiger partial charge >= 0.3 is 0 Å². The van der Waals surface area contributed by atoms with Gasteiger partial charge in [-0.3, -0.25) is 0 Å². The van der Waals surface area contributed by atoms with E-state index in [1.54, 1.807) is 14.2 Å². The zero-order valence-corrected chi connectivity index (χ0v) is 16.6. The lowest BCUT2D eigenvalue weighted by Gasteiger charge is -1.99. The van der Waals surface area contributed by atoms with Crippen LogP contribution < -0.4 is 9.47 Å². The molecule has 2 nitrogen and oxygen atoms in total. The second kappa shape index (κ2) is 8.99. The number of halogens is 1. The van der Waals surface area contributed by atoms with Crippen LogP contribution in [0.15, 0.2) is 71.2 Å². The van der Waals surface area contributed by atoms with Crippen molar-refractivity contribution in [3.63, 3.8) is 0 Å². The molecule has 0 heterocycles. The first kappa shape index (κ1) is 18.6. The summed E-state index contributed by atoms with van der Waals surface area (Å²) in [7, 11) is 3.30. The number of rotatable bonds is 2. The maximum atomic E-state index is 5.16. The van der Waals surface area contributed by atoms with Crippen molar-refractivity contribution >= 4 is 15.9 Å². The Labute approximate surface area is 168 Å². The van der Waals surface area contributed by atoms with Crippen LogP contribution in [0.3, 0.4) is 0 Å². The van der Waals surface area contributed by atoms with E-state index in [0.717, 1.165) is 38.2 Å². The van der Waals surface area contributed by atoms with Gasteiger partial charge in [-0.1, -0.05) is 39.6 Å². The van der Waals surface area contributed by atoms with E-state index < -0.39 is 0 Å². The average Bonchev–Trinajstić information content (AvgIpc) is 2.71. The normalized spacial score (nSPS) is 9.44. The van der Waals surface area contributed by atoms with E-state index in [1.807, 2.05) is 66.7 Å². The highest BCUT2D eigenvalue weighted by atomic mass is 79.9. The third kappa shape index (κ3) is 5.42. The van der Waals surface area contributed by atoms with Crippen LogP contribution in [0, 0.1) is 23.7 Å². The van der Waals surface area contributed by atoms with Crippen LogP contribution in [0.5, 0.6) is 11.5 Å². The molecule has 27 heavy (non-hydrogen) atoms. The minimum absolute atomic E-state index is 0.819. The first-order valence-corrected chi connectivity index (χ1v) is 9.08. The van der Waals surface area contributed by atoms with Crippen LogP contribution in [0.2, 0.25) is 0 Å². The van der Waals surface area contributed by atoms with E-state index in [2.05, 4.69) is 39.6 Å². The molecule has 0 N–H and O–H groups in total. The van der Waals surface area contributed by atoms with Crippen LogP contribution in [0.4, 0.5) is 0 Å². The maximum Gasteiger partial charge on any atom is 0.118 e. The Balaban J connectivity index is 1.82. The van der Waals surface area contributed by atoms with Crippen molar-refractivity contribution in [2.75, 3.05) is 14.2 Å². The summed E-state index contributed by atoms with van der Waals surface area (Å²) in [6.07, 6.45) is 0. The molecule has 0 unspecified atom stereocenters. The highest BCUT2D eigenvalue weighted by molar-refractivity contribution is 9.10. The van der Waals surface area contributed by atoms with Crippen molar-refractivity contribution < 1.29 is 9.47 Å². The van der Waals surface area contributed by atoms with Gasteiger partial charge in [-0.15, -0.1) is 0 Å². The van der Waals surface area contributed by atoms with Crippen molar-refractivity contribution in [2.24, 2.45) is 0 Å². The number of methoxy groups -OCH3 is 2. The van der Waals surface area contributed by atoms with Crippen LogP contribution in [0.1, 0.15) is 22.3 Å². The first-order chi connectivity index (χ1) is 13.2. The monoisotopic (exact) mass is 416 g/mol. The van der Waals surface area contributed by atoms with Crippen LogP contribution >= 0.6 is 15.9 Å². The van der Waals surface area contributed by atoms with Crippen molar-refractivity contribution in [1.82, 2.24) is 0 Å². The Kier molecular flexibility index (Phi) is 6.21. The summed E-state index contributed by atoms with van der Waals surface area (Å²) in [5.74, 6) is 14.3. The van der Waals surface area contributed by atoms with E-state index in [-0.39, 0.29) is 0 Å². The first-order valence-electron chi connectivity index (χ1n) is 8.29. The summed E-state index contributed by atoms with van der Waals surface area (Å²) < 4.78 is 11.3. The molecular formula is C24H17BrO2. The molecule has 0 bridgehead atoms. The Morgan fingerprint density at radius 2 is 0.926 bits per heavy atom. The van der Waals surface area contributed by atoms with Gasteiger partial charge in [0, 0.05) is 26.7 Å². The molecule has 0 saturated carbocycles. The predicted molar refractivity (Wildman–Crippen MR) is 112 cm³/mol. The molecule has 3 heteroatoms. The Bertz CT molecular complexity index is 960. The highest BCUT2D eigenvalue weighted by Gasteiger charge is 1.97. The quantitative estimate of drug-likeness (QED) is 0.530. The number of hydrogen-bond acceptors (Lipinski definition) is 2. The molecule has 0 aliphatic rings. The summed E-state index contributed by atoms with van der Waals surface area (Å²) in [5, 5.41) is 0. The van der Waals surface area contributed by atoms with Gasteiger partial charge in [0.1, 0.15) is 11.5 Å². The topological polar surface area (TPSA) is 18.5 Å². The van der Waals surface area contributed by atoms with Gasteiger partial charge in [0.05, 0.1) is 14.2 Å². The summed E-state index contributed by atoms with van der Waals surface area (Å²) in [6.45, 7) is 0. The highest BCUT2D eigenvalue weighted by Crippen LogP contribution is 2.16. The van der Waals surface area contributed by atoms with Crippen LogP contribution in [0.25, 0.3) is 0 Å². The Hall–Kier alpha value is -3.14. The summed E-state index contributed by atoms with van der Waals surface area (Å²) >= 11 is 3.53. The lowest BCUT2D eigenvalue weighted by molar-refractivity contribution is 0.414. The smallest absolute Gasteiger partial charge is 0.118 e. The van der Waals surface area contributed by atoms with Gasteiger partial charge in [0.25, 0.3) is 0 Å². The molecule has 0 spiro atoms.